The van der Waals surface area contributed by atoms with E-state index in [1.54, 1.807) is 0 Å². The van der Waals surface area contributed by atoms with Crippen LogP contribution >= 0.6 is 22.7 Å². The Morgan fingerprint density at radius 1 is 1.06 bits per heavy atom. The molecule has 2 rings (SSSR count). The van der Waals surface area contributed by atoms with Crippen molar-refractivity contribution < 1.29 is 0 Å². The number of thiophene rings is 2. The molecular formula is C14H20N2S2. The Balaban J connectivity index is 1.52. The molecule has 0 aromatic carbocycles. The van der Waals surface area contributed by atoms with Crippen LogP contribution in [0.25, 0.3) is 0 Å². The fourth-order valence-corrected chi connectivity index (χ4v) is 3.30. The Hall–Kier alpha value is -0.680. The van der Waals surface area contributed by atoms with E-state index in [1.807, 2.05) is 22.7 Å². The third kappa shape index (κ3) is 4.90. The van der Waals surface area contributed by atoms with E-state index in [4.69, 9.17) is 0 Å². The lowest BCUT2D eigenvalue weighted by Gasteiger charge is -2.15. The third-order valence-electron chi connectivity index (χ3n) is 2.80. The third-order valence-corrected chi connectivity index (χ3v) is 4.60. The van der Waals surface area contributed by atoms with Crippen molar-refractivity contribution in [1.82, 2.24) is 10.2 Å². The summed E-state index contributed by atoms with van der Waals surface area (Å²) in [5.41, 5.74) is 0. The van der Waals surface area contributed by atoms with Crippen molar-refractivity contribution in [2.24, 2.45) is 0 Å². The Kier molecular flexibility index (Phi) is 5.87. The quantitative estimate of drug-likeness (QED) is 0.748. The average molecular weight is 280 g/mol. The molecule has 0 atom stereocenters. The molecule has 0 saturated heterocycles. The summed E-state index contributed by atoms with van der Waals surface area (Å²) >= 11 is 3.67. The molecule has 2 aromatic heterocycles. The van der Waals surface area contributed by atoms with Gasteiger partial charge in [-0.15, -0.1) is 22.7 Å². The van der Waals surface area contributed by atoms with Gasteiger partial charge in [-0.2, -0.15) is 0 Å². The summed E-state index contributed by atoms with van der Waals surface area (Å²) in [7, 11) is 2.18. The predicted molar refractivity (Wildman–Crippen MR) is 81.5 cm³/mol. The SMILES string of the molecule is CN(CCNCCc1cccs1)Cc1cccs1. The molecule has 0 aliphatic heterocycles. The molecule has 0 spiro atoms. The first-order valence-corrected chi connectivity index (χ1v) is 8.04. The van der Waals surface area contributed by atoms with E-state index in [1.165, 1.54) is 9.75 Å². The maximum atomic E-state index is 3.50. The molecular weight excluding hydrogens is 260 g/mol. The first kappa shape index (κ1) is 13.7. The zero-order valence-electron chi connectivity index (χ0n) is 10.8. The summed E-state index contributed by atoms with van der Waals surface area (Å²) in [6, 6.07) is 8.64. The topological polar surface area (TPSA) is 15.3 Å². The standard InChI is InChI=1S/C14H20N2S2/c1-16(12-14-5-3-11-18-14)9-8-15-7-6-13-4-2-10-17-13/h2-5,10-11,15H,6-9,12H2,1H3. The predicted octanol–water partition coefficient (Wildman–Crippen LogP) is 3.07. The molecule has 0 bridgehead atoms. The zero-order valence-corrected chi connectivity index (χ0v) is 12.4. The van der Waals surface area contributed by atoms with Crippen LogP contribution < -0.4 is 5.32 Å². The lowest BCUT2D eigenvalue weighted by Crippen LogP contribution is -2.29. The lowest BCUT2D eigenvalue weighted by atomic mass is 10.3. The van der Waals surface area contributed by atoms with E-state index in [0.29, 0.717) is 0 Å². The Labute approximate surface area is 117 Å². The van der Waals surface area contributed by atoms with Crippen molar-refractivity contribution in [2.45, 2.75) is 13.0 Å². The number of nitrogens with zero attached hydrogens (tertiary/aromatic N) is 1. The fraction of sp³-hybridized carbons (Fsp3) is 0.429. The van der Waals surface area contributed by atoms with Crippen LogP contribution in [0.15, 0.2) is 35.0 Å². The van der Waals surface area contributed by atoms with Crippen LogP contribution in [-0.2, 0) is 13.0 Å². The molecule has 0 unspecified atom stereocenters. The highest BCUT2D eigenvalue weighted by atomic mass is 32.1. The van der Waals surface area contributed by atoms with E-state index >= 15 is 0 Å². The van der Waals surface area contributed by atoms with Crippen molar-refractivity contribution >= 4 is 22.7 Å². The highest BCUT2D eigenvalue weighted by Crippen LogP contribution is 2.10. The molecule has 2 heterocycles. The molecule has 2 aromatic rings. The second-order valence-corrected chi connectivity index (χ2v) is 6.46. The molecule has 0 aliphatic carbocycles. The van der Waals surface area contributed by atoms with E-state index < -0.39 is 0 Å². The fourth-order valence-electron chi connectivity index (χ4n) is 1.81. The van der Waals surface area contributed by atoms with Crippen LogP contribution in [0.1, 0.15) is 9.75 Å². The van der Waals surface area contributed by atoms with Crippen molar-refractivity contribution in [1.29, 1.82) is 0 Å². The van der Waals surface area contributed by atoms with E-state index in [-0.39, 0.29) is 0 Å². The van der Waals surface area contributed by atoms with Crippen LogP contribution in [0.4, 0.5) is 0 Å². The first-order valence-electron chi connectivity index (χ1n) is 6.28. The highest BCUT2D eigenvalue weighted by Gasteiger charge is 2.00. The minimum atomic E-state index is 1.06. The van der Waals surface area contributed by atoms with Crippen molar-refractivity contribution in [3.63, 3.8) is 0 Å². The Morgan fingerprint density at radius 3 is 2.44 bits per heavy atom. The van der Waals surface area contributed by atoms with Gasteiger partial charge < -0.3 is 10.2 Å². The van der Waals surface area contributed by atoms with Crippen LogP contribution in [0.5, 0.6) is 0 Å². The van der Waals surface area contributed by atoms with Gasteiger partial charge >= 0.3 is 0 Å². The summed E-state index contributed by atoms with van der Waals surface area (Å²) in [4.78, 5) is 5.27. The second-order valence-electron chi connectivity index (χ2n) is 4.40. The van der Waals surface area contributed by atoms with Gasteiger partial charge in [-0.25, -0.2) is 0 Å². The first-order chi connectivity index (χ1) is 8.84. The summed E-state index contributed by atoms with van der Waals surface area (Å²) in [6.45, 7) is 4.30. The van der Waals surface area contributed by atoms with Crippen LogP contribution in [0.2, 0.25) is 0 Å². The minimum Gasteiger partial charge on any atom is -0.315 e. The van der Waals surface area contributed by atoms with E-state index in [0.717, 1.165) is 32.6 Å². The van der Waals surface area contributed by atoms with Gasteiger partial charge in [0.05, 0.1) is 0 Å². The van der Waals surface area contributed by atoms with Crippen LogP contribution in [0.3, 0.4) is 0 Å². The number of likely N-dealkylation sites (N-methyl/N-ethyl adjacent to an activating group) is 1. The van der Waals surface area contributed by atoms with Gasteiger partial charge in [0.2, 0.25) is 0 Å². The number of nitrogens with one attached hydrogen (secondary N) is 1. The normalized spacial score (nSPS) is 11.2. The smallest absolute Gasteiger partial charge is 0.0325 e. The maximum Gasteiger partial charge on any atom is 0.0325 e. The van der Waals surface area contributed by atoms with Crippen LogP contribution in [-0.4, -0.2) is 31.6 Å². The summed E-state index contributed by atoms with van der Waals surface area (Å²) < 4.78 is 0. The molecule has 0 aliphatic rings. The highest BCUT2D eigenvalue weighted by molar-refractivity contribution is 7.10. The van der Waals surface area contributed by atoms with E-state index in [9.17, 15) is 0 Å². The Bertz CT molecular complexity index is 409. The van der Waals surface area contributed by atoms with Crippen LogP contribution in [0, 0.1) is 0 Å². The summed E-state index contributed by atoms with van der Waals surface area (Å²) in [5, 5.41) is 7.79. The lowest BCUT2D eigenvalue weighted by molar-refractivity contribution is 0.327. The minimum absolute atomic E-state index is 1.06. The molecule has 98 valence electrons. The van der Waals surface area contributed by atoms with Gasteiger partial charge in [-0.1, -0.05) is 12.1 Å². The Morgan fingerprint density at radius 2 is 1.78 bits per heavy atom. The molecule has 0 amide bonds. The largest absolute Gasteiger partial charge is 0.315 e. The molecule has 0 saturated carbocycles. The van der Waals surface area contributed by atoms with Crippen molar-refractivity contribution in [3.05, 3.63) is 44.8 Å². The average Bonchev–Trinajstić information content (AvgIpc) is 3.01. The molecule has 1 N–H and O–H groups in total. The molecule has 4 heteroatoms. The van der Waals surface area contributed by atoms with Crippen molar-refractivity contribution in [3.8, 4) is 0 Å². The molecule has 0 radical (unpaired) electrons. The zero-order chi connectivity index (χ0) is 12.6. The maximum absolute atomic E-state index is 3.50. The van der Waals surface area contributed by atoms with Gasteiger partial charge in [0.1, 0.15) is 0 Å². The monoisotopic (exact) mass is 280 g/mol. The van der Waals surface area contributed by atoms with Gasteiger partial charge in [-0.05, 0) is 36.4 Å². The number of hydrogen-bond acceptors (Lipinski definition) is 4. The van der Waals surface area contributed by atoms with Gasteiger partial charge in [-0.3, -0.25) is 0 Å². The number of rotatable bonds is 8. The second kappa shape index (κ2) is 7.69. The van der Waals surface area contributed by atoms with Gasteiger partial charge in [0.25, 0.3) is 0 Å². The number of hydrogen-bond donors (Lipinski definition) is 1. The summed E-state index contributed by atoms with van der Waals surface area (Å²) in [5.74, 6) is 0. The molecule has 18 heavy (non-hydrogen) atoms. The van der Waals surface area contributed by atoms with Crippen molar-refractivity contribution in [2.75, 3.05) is 26.7 Å². The molecule has 2 nitrogen and oxygen atoms in total. The van der Waals surface area contributed by atoms with E-state index in [2.05, 4.69) is 52.3 Å². The molecule has 0 fully saturated rings. The van der Waals surface area contributed by atoms with Gasteiger partial charge in [0.15, 0.2) is 0 Å². The summed E-state index contributed by atoms with van der Waals surface area (Å²) in [6.07, 6.45) is 1.15. The van der Waals surface area contributed by atoms with Gasteiger partial charge in [0, 0.05) is 35.9 Å².